The van der Waals surface area contributed by atoms with Crippen molar-refractivity contribution in [2.24, 2.45) is 0 Å². The molecule has 0 bridgehead atoms. The number of carbonyl (C=O) groups is 1. The van der Waals surface area contributed by atoms with Crippen LogP contribution in [-0.4, -0.2) is 54.7 Å². The zero-order valence-electron chi connectivity index (χ0n) is 21.6. The third kappa shape index (κ3) is 11.4. The Hall–Kier alpha value is -0.690. The third-order valence-corrected chi connectivity index (χ3v) is 6.56. The molecule has 0 aromatic rings. The molecule has 2 fully saturated rings. The first kappa shape index (κ1) is 27.6. The Kier molecular flexibility index (Phi) is 11.4. The lowest BCUT2D eigenvalue weighted by molar-refractivity contribution is -0.153. The van der Waals surface area contributed by atoms with Crippen LogP contribution in [0.15, 0.2) is 0 Å². The van der Waals surface area contributed by atoms with Gasteiger partial charge in [-0.3, -0.25) is 4.79 Å². The Balaban J connectivity index is 1.40. The quantitative estimate of drug-likeness (QED) is 0.229. The molecule has 2 saturated heterocycles. The smallest absolute Gasteiger partial charge is 0.306 e. The van der Waals surface area contributed by atoms with E-state index in [9.17, 15) is 4.79 Å². The predicted molar refractivity (Wildman–Crippen MR) is 130 cm³/mol. The van der Waals surface area contributed by atoms with Gasteiger partial charge in [0.25, 0.3) is 0 Å². The standard InChI is InChI=1S/C26H50N2O4/c1-20-15-22(16-21(2)27-20)31-19-30-14-12-10-8-7-9-11-13-24(29)32-23-17-25(3,4)28-26(5,6)18-23/h20-23,27-28H,7-19H2,1-6H3. The molecule has 6 nitrogen and oxygen atoms in total. The lowest BCUT2D eigenvalue weighted by atomic mass is 9.81. The van der Waals surface area contributed by atoms with Crippen molar-refractivity contribution in [3.05, 3.63) is 0 Å². The molecule has 2 N–H and O–H groups in total. The van der Waals surface area contributed by atoms with E-state index in [1.807, 2.05) is 0 Å². The Labute approximate surface area is 196 Å². The first-order valence-corrected chi connectivity index (χ1v) is 13.0. The third-order valence-electron chi connectivity index (χ3n) is 6.56. The highest BCUT2D eigenvalue weighted by Gasteiger charge is 2.39. The largest absolute Gasteiger partial charge is 0.462 e. The maximum Gasteiger partial charge on any atom is 0.306 e. The second-order valence-corrected chi connectivity index (χ2v) is 11.5. The monoisotopic (exact) mass is 454 g/mol. The molecule has 2 rings (SSSR count). The van der Waals surface area contributed by atoms with E-state index in [-0.39, 0.29) is 23.2 Å². The van der Waals surface area contributed by atoms with Gasteiger partial charge < -0.3 is 24.8 Å². The molecule has 0 aromatic carbocycles. The number of carbonyl (C=O) groups excluding carboxylic acids is 1. The lowest BCUT2D eigenvalue weighted by Crippen LogP contribution is -2.59. The Morgan fingerprint density at radius 2 is 1.41 bits per heavy atom. The molecule has 0 saturated carbocycles. The van der Waals surface area contributed by atoms with Crippen LogP contribution in [0.5, 0.6) is 0 Å². The van der Waals surface area contributed by atoms with Crippen molar-refractivity contribution in [1.29, 1.82) is 0 Å². The highest BCUT2D eigenvalue weighted by Crippen LogP contribution is 2.30. The number of hydrogen-bond acceptors (Lipinski definition) is 6. The zero-order valence-corrected chi connectivity index (χ0v) is 21.6. The van der Waals surface area contributed by atoms with E-state index in [1.165, 1.54) is 19.3 Å². The van der Waals surface area contributed by atoms with Gasteiger partial charge in [0.1, 0.15) is 12.9 Å². The molecular weight excluding hydrogens is 404 g/mol. The Morgan fingerprint density at radius 1 is 0.844 bits per heavy atom. The van der Waals surface area contributed by atoms with Crippen molar-refractivity contribution in [2.45, 2.75) is 148 Å². The summed E-state index contributed by atoms with van der Waals surface area (Å²) in [6.45, 7) is 14.3. The summed E-state index contributed by atoms with van der Waals surface area (Å²) in [6, 6.07) is 1.05. The molecule has 2 aliphatic heterocycles. The number of esters is 1. The van der Waals surface area contributed by atoms with Gasteiger partial charge in [-0.25, -0.2) is 0 Å². The summed E-state index contributed by atoms with van der Waals surface area (Å²) in [6.07, 6.45) is 11.4. The Bertz CT molecular complexity index is 526. The Morgan fingerprint density at radius 3 is 2.03 bits per heavy atom. The van der Waals surface area contributed by atoms with Gasteiger partial charge in [-0.2, -0.15) is 0 Å². The molecular formula is C26H50N2O4. The topological polar surface area (TPSA) is 68.8 Å². The molecule has 0 aromatic heterocycles. The average Bonchev–Trinajstić information content (AvgIpc) is 2.62. The normalized spacial score (nSPS) is 27.9. The molecule has 2 atom stereocenters. The first-order chi connectivity index (χ1) is 15.0. The van der Waals surface area contributed by atoms with Crippen molar-refractivity contribution >= 4 is 5.97 Å². The van der Waals surface area contributed by atoms with E-state index < -0.39 is 0 Å². The fourth-order valence-corrected chi connectivity index (χ4v) is 5.58. The predicted octanol–water partition coefficient (Wildman–Crippen LogP) is 5.09. The second kappa shape index (κ2) is 13.3. The minimum atomic E-state index is -0.0329. The molecule has 0 aliphatic carbocycles. The number of hydrogen-bond donors (Lipinski definition) is 2. The highest BCUT2D eigenvalue weighted by atomic mass is 16.7. The molecule has 188 valence electrons. The van der Waals surface area contributed by atoms with Gasteiger partial charge in [-0.05, 0) is 67.2 Å². The second-order valence-electron chi connectivity index (χ2n) is 11.5. The van der Waals surface area contributed by atoms with Gasteiger partial charge in [-0.15, -0.1) is 0 Å². The molecule has 2 unspecified atom stereocenters. The van der Waals surface area contributed by atoms with Crippen LogP contribution in [0.4, 0.5) is 0 Å². The van der Waals surface area contributed by atoms with E-state index in [0.29, 0.717) is 31.4 Å². The van der Waals surface area contributed by atoms with Crippen molar-refractivity contribution < 1.29 is 19.0 Å². The minimum Gasteiger partial charge on any atom is -0.462 e. The molecule has 32 heavy (non-hydrogen) atoms. The van der Waals surface area contributed by atoms with Gasteiger partial charge >= 0.3 is 5.97 Å². The minimum absolute atomic E-state index is 0.00698. The van der Waals surface area contributed by atoms with E-state index >= 15 is 0 Å². The SMILES string of the molecule is CC1CC(OCOCCCCCCCCC(=O)OC2CC(C)(C)NC(C)(C)C2)CC(C)N1. The van der Waals surface area contributed by atoms with Crippen LogP contribution in [0, 0.1) is 0 Å². The maximum atomic E-state index is 12.2. The van der Waals surface area contributed by atoms with Crippen molar-refractivity contribution in [2.75, 3.05) is 13.4 Å². The fraction of sp³-hybridized carbons (Fsp3) is 0.962. The molecule has 2 aliphatic rings. The summed E-state index contributed by atoms with van der Waals surface area (Å²) in [5.41, 5.74) is 0.0140. The van der Waals surface area contributed by atoms with Crippen molar-refractivity contribution in [3.63, 3.8) is 0 Å². The molecule has 0 radical (unpaired) electrons. The number of nitrogens with one attached hydrogen (secondary N) is 2. The summed E-state index contributed by atoms with van der Waals surface area (Å²) in [5.74, 6) is -0.0329. The van der Waals surface area contributed by atoms with E-state index in [2.05, 4.69) is 52.2 Å². The van der Waals surface area contributed by atoms with Crippen LogP contribution in [-0.2, 0) is 19.0 Å². The first-order valence-electron chi connectivity index (χ1n) is 13.0. The van der Waals surface area contributed by atoms with Crippen molar-refractivity contribution in [3.8, 4) is 0 Å². The van der Waals surface area contributed by atoms with Gasteiger partial charge in [-0.1, -0.05) is 25.7 Å². The number of ether oxygens (including phenoxy) is 3. The van der Waals surface area contributed by atoms with Crippen molar-refractivity contribution in [1.82, 2.24) is 10.6 Å². The van der Waals surface area contributed by atoms with Crippen LogP contribution in [0.3, 0.4) is 0 Å². The average molecular weight is 455 g/mol. The van der Waals surface area contributed by atoms with Gasteiger partial charge in [0.2, 0.25) is 0 Å². The summed E-state index contributed by atoms with van der Waals surface area (Å²) in [5, 5.41) is 7.16. The summed E-state index contributed by atoms with van der Waals surface area (Å²) in [7, 11) is 0. The number of unbranched alkanes of at least 4 members (excludes halogenated alkanes) is 5. The van der Waals surface area contributed by atoms with Crippen LogP contribution in [0.1, 0.15) is 112 Å². The van der Waals surface area contributed by atoms with Crippen LogP contribution >= 0.6 is 0 Å². The van der Waals surface area contributed by atoms with Gasteiger partial charge in [0.05, 0.1) is 6.10 Å². The van der Waals surface area contributed by atoms with Crippen LogP contribution in [0.25, 0.3) is 0 Å². The van der Waals surface area contributed by atoms with Crippen LogP contribution < -0.4 is 10.6 Å². The molecule has 0 spiro atoms. The van der Waals surface area contributed by atoms with E-state index in [1.54, 1.807) is 0 Å². The summed E-state index contributed by atoms with van der Waals surface area (Å²) in [4.78, 5) is 12.2. The summed E-state index contributed by atoms with van der Waals surface area (Å²) < 4.78 is 17.3. The number of piperidine rings is 2. The zero-order chi connectivity index (χ0) is 23.6. The number of rotatable bonds is 13. The molecule has 6 heteroatoms. The fourth-order valence-electron chi connectivity index (χ4n) is 5.58. The molecule has 2 heterocycles. The highest BCUT2D eigenvalue weighted by molar-refractivity contribution is 5.69. The van der Waals surface area contributed by atoms with Gasteiger partial charge in [0.15, 0.2) is 0 Å². The molecule has 0 amide bonds. The maximum absolute atomic E-state index is 12.2. The van der Waals surface area contributed by atoms with E-state index in [0.717, 1.165) is 51.6 Å². The van der Waals surface area contributed by atoms with Crippen LogP contribution in [0.2, 0.25) is 0 Å². The summed E-state index contributed by atoms with van der Waals surface area (Å²) >= 11 is 0. The van der Waals surface area contributed by atoms with Gasteiger partial charge in [0, 0.05) is 49.0 Å². The lowest BCUT2D eigenvalue weighted by Gasteiger charge is -2.45. The van der Waals surface area contributed by atoms with E-state index in [4.69, 9.17) is 14.2 Å².